The van der Waals surface area contributed by atoms with Crippen LogP contribution in [0, 0.1) is 27.7 Å². The number of rotatable bonds is 3. The fourth-order valence-corrected chi connectivity index (χ4v) is 4.00. The first-order valence-electron chi connectivity index (χ1n) is 7.89. The molecule has 3 heteroatoms. The second kappa shape index (κ2) is 6.25. The van der Waals surface area contributed by atoms with Gasteiger partial charge in [-0.15, -0.1) is 11.3 Å². The van der Waals surface area contributed by atoms with Gasteiger partial charge >= 0.3 is 5.97 Å². The van der Waals surface area contributed by atoms with Gasteiger partial charge in [0, 0.05) is 10.4 Å². The average Bonchev–Trinajstić information content (AvgIpc) is 2.97. The normalized spacial score (nSPS) is 10.8. The summed E-state index contributed by atoms with van der Waals surface area (Å²) in [6, 6.07) is 14.4. The van der Waals surface area contributed by atoms with Crippen molar-refractivity contribution >= 4 is 17.3 Å². The van der Waals surface area contributed by atoms with Crippen LogP contribution in [0.1, 0.15) is 31.9 Å². The molecule has 2 nitrogen and oxygen atoms in total. The fourth-order valence-electron chi connectivity index (χ4n) is 2.90. The Hall–Kier alpha value is -2.39. The summed E-state index contributed by atoms with van der Waals surface area (Å²) in [7, 11) is 0. The first-order chi connectivity index (χ1) is 11.4. The number of carboxylic acid groups (broad SMARTS) is 1. The van der Waals surface area contributed by atoms with Crippen LogP contribution in [0.4, 0.5) is 0 Å². The monoisotopic (exact) mass is 336 g/mol. The Morgan fingerprint density at radius 1 is 0.792 bits per heavy atom. The maximum Gasteiger partial charge on any atom is 0.345 e. The van der Waals surface area contributed by atoms with Gasteiger partial charge in [0.05, 0.1) is 0 Å². The standard InChI is InChI=1S/C21H20O2S/c1-12-5-7-14(3)16(9-12)18-11-19(21(22)23)24-20(18)17-10-13(2)6-8-15(17)4/h5-11H,1-4H3,(H,22,23). The molecule has 0 aliphatic rings. The summed E-state index contributed by atoms with van der Waals surface area (Å²) in [6.45, 7) is 8.26. The molecule has 1 N–H and O–H groups in total. The van der Waals surface area contributed by atoms with Crippen molar-refractivity contribution in [2.45, 2.75) is 27.7 Å². The predicted molar refractivity (Wildman–Crippen MR) is 101 cm³/mol. The Morgan fingerprint density at radius 3 is 1.92 bits per heavy atom. The lowest BCUT2D eigenvalue weighted by Gasteiger charge is -2.11. The predicted octanol–water partition coefficient (Wildman–Crippen LogP) is 6.01. The van der Waals surface area contributed by atoms with Crippen LogP contribution in [0.15, 0.2) is 42.5 Å². The molecule has 0 saturated carbocycles. The van der Waals surface area contributed by atoms with Crippen molar-refractivity contribution in [2.75, 3.05) is 0 Å². The molecule has 24 heavy (non-hydrogen) atoms. The summed E-state index contributed by atoms with van der Waals surface area (Å²) < 4.78 is 0. The highest BCUT2D eigenvalue weighted by Gasteiger charge is 2.19. The second-order valence-corrected chi connectivity index (χ2v) is 7.35. The molecule has 2 aromatic carbocycles. The lowest BCUT2D eigenvalue weighted by atomic mass is 9.94. The smallest absolute Gasteiger partial charge is 0.345 e. The van der Waals surface area contributed by atoms with Gasteiger partial charge in [0.15, 0.2) is 0 Å². The zero-order valence-corrected chi connectivity index (χ0v) is 15.1. The molecule has 0 bridgehead atoms. The highest BCUT2D eigenvalue weighted by molar-refractivity contribution is 7.18. The topological polar surface area (TPSA) is 37.3 Å². The minimum absolute atomic E-state index is 0.377. The fraction of sp³-hybridized carbons (Fsp3) is 0.190. The van der Waals surface area contributed by atoms with E-state index in [0.29, 0.717) is 4.88 Å². The highest BCUT2D eigenvalue weighted by Crippen LogP contribution is 2.42. The molecular formula is C21H20O2S. The van der Waals surface area contributed by atoms with Gasteiger partial charge in [0.1, 0.15) is 4.88 Å². The Kier molecular flexibility index (Phi) is 4.29. The Balaban J connectivity index is 2.32. The van der Waals surface area contributed by atoms with Gasteiger partial charge in [-0.1, -0.05) is 47.5 Å². The van der Waals surface area contributed by atoms with E-state index in [-0.39, 0.29) is 0 Å². The van der Waals surface area contributed by atoms with Crippen molar-refractivity contribution in [3.05, 3.63) is 69.6 Å². The van der Waals surface area contributed by atoms with Crippen molar-refractivity contribution in [3.63, 3.8) is 0 Å². The van der Waals surface area contributed by atoms with E-state index >= 15 is 0 Å². The molecule has 0 radical (unpaired) electrons. The molecule has 122 valence electrons. The average molecular weight is 336 g/mol. The van der Waals surface area contributed by atoms with Crippen molar-refractivity contribution in [1.29, 1.82) is 0 Å². The van der Waals surface area contributed by atoms with Crippen molar-refractivity contribution in [1.82, 2.24) is 0 Å². The molecule has 0 spiro atoms. The third-order valence-electron chi connectivity index (χ3n) is 4.26. The van der Waals surface area contributed by atoms with E-state index in [1.807, 2.05) is 6.07 Å². The quantitative estimate of drug-likeness (QED) is 0.635. The maximum atomic E-state index is 11.5. The van der Waals surface area contributed by atoms with Gasteiger partial charge in [-0.05, 0) is 56.0 Å². The van der Waals surface area contributed by atoms with Crippen molar-refractivity contribution < 1.29 is 9.90 Å². The summed E-state index contributed by atoms with van der Waals surface area (Å²) in [5.74, 6) is -0.872. The van der Waals surface area contributed by atoms with Gasteiger partial charge in [-0.2, -0.15) is 0 Å². The molecule has 0 saturated heterocycles. The zero-order chi connectivity index (χ0) is 17.4. The largest absolute Gasteiger partial charge is 0.477 e. The van der Waals surface area contributed by atoms with E-state index in [2.05, 4.69) is 64.1 Å². The molecule has 0 aliphatic heterocycles. The molecule has 0 fully saturated rings. The molecular weight excluding hydrogens is 316 g/mol. The minimum Gasteiger partial charge on any atom is -0.477 e. The molecule has 0 aliphatic carbocycles. The zero-order valence-electron chi connectivity index (χ0n) is 14.3. The van der Waals surface area contributed by atoms with Gasteiger partial charge < -0.3 is 5.11 Å². The first-order valence-corrected chi connectivity index (χ1v) is 8.71. The van der Waals surface area contributed by atoms with Crippen LogP contribution in [-0.2, 0) is 0 Å². The summed E-state index contributed by atoms with van der Waals surface area (Å²) >= 11 is 1.35. The summed E-state index contributed by atoms with van der Waals surface area (Å²) in [5.41, 5.74) is 7.89. The first kappa shape index (κ1) is 16.5. The van der Waals surface area contributed by atoms with E-state index in [9.17, 15) is 9.90 Å². The number of hydrogen-bond donors (Lipinski definition) is 1. The number of aromatic carboxylic acids is 1. The Bertz CT molecular complexity index is 866. The van der Waals surface area contributed by atoms with Crippen LogP contribution in [0.2, 0.25) is 0 Å². The van der Waals surface area contributed by atoms with Gasteiger partial charge in [-0.3, -0.25) is 0 Å². The SMILES string of the molecule is Cc1ccc(C)c(-c2cc(C(=O)O)sc2-c2cc(C)ccc2C)c1. The third kappa shape index (κ3) is 3.00. The third-order valence-corrected chi connectivity index (χ3v) is 5.42. The number of carbonyl (C=O) groups is 1. The van der Waals surface area contributed by atoms with Crippen LogP contribution >= 0.6 is 11.3 Å². The molecule has 1 aromatic heterocycles. The van der Waals surface area contributed by atoms with Gasteiger partial charge in [0.25, 0.3) is 0 Å². The number of carboxylic acids is 1. The summed E-state index contributed by atoms with van der Waals surface area (Å²) in [4.78, 5) is 12.9. The molecule has 0 unspecified atom stereocenters. The Labute approximate surface area is 146 Å². The number of benzene rings is 2. The van der Waals surface area contributed by atoms with Crippen LogP contribution < -0.4 is 0 Å². The lowest BCUT2D eigenvalue weighted by Crippen LogP contribution is -1.90. The van der Waals surface area contributed by atoms with Crippen LogP contribution in [0.5, 0.6) is 0 Å². The molecule has 0 amide bonds. The second-order valence-electron chi connectivity index (χ2n) is 6.30. The number of thiophene rings is 1. The van der Waals surface area contributed by atoms with E-state index in [4.69, 9.17) is 0 Å². The number of aryl methyl sites for hydroxylation is 4. The summed E-state index contributed by atoms with van der Waals surface area (Å²) in [6.07, 6.45) is 0. The van der Waals surface area contributed by atoms with Crippen LogP contribution in [0.25, 0.3) is 21.6 Å². The van der Waals surface area contributed by atoms with E-state index in [0.717, 1.165) is 32.7 Å². The molecule has 3 rings (SSSR count). The van der Waals surface area contributed by atoms with E-state index in [1.165, 1.54) is 22.5 Å². The molecule has 3 aromatic rings. The maximum absolute atomic E-state index is 11.5. The summed E-state index contributed by atoms with van der Waals surface area (Å²) in [5, 5.41) is 9.47. The molecule has 1 heterocycles. The van der Waals surface area contributed by atoms with E-state index < -0.39 is 5.97 Å². The van der Waals surface area contributed by atoms with Crippen molar-refractivity contribution in [2.24, 2.45) is 0 Å². The highest BCUT2D eigenvalue weighted by atomic mass is 32.1. The van der Waals surface area contributed by atoms with Crippen molar-refractivity contribution in [3.8, 4) is 21.6 Å². The van der Waals surface area contributed by atoms with Crippen LogP contribution in [0.3, 0.4) is 0 Å². The number of hydrogen-bond acceptors (Lipinski definition) is 2. The van der Waals surface area contributed by atoms with Crippen LogP contribution in [-0.4, -0.2) is 11.1 Å². The van der Waals surface area contributed by atoms with Gasteiger partial charge in [-0.25, -0.2) is 4.79 Å². The van der Waals surface area contributed by atoms with Gasteiger partial charge in [0.2, 0.25) is 0 Å². The minimum atomic E-state index is -0.872. The Morgan fingerprint density at radius 2 is 1.33 bits per heavy atom. The van der Waals surface area contributed by atoms with E-state index in [1.54, 1.807) is 0 Å². The lowest BCUT2D eigenvalue weighted by molar-refractivity contribution is 0.0702. The molecule has 0 atom stereocenters.